The molecule has 0 spiro atoms. The Kier molecular flexibility index (Phi) is 4.88. The Morgan fingerprint density at radius 1 is 1.19 bits per heavy atom. The first-order valence-corrected chi connectivity index (χ1v) is 11.9. The topological polar surface area (TPSA) is 71.3 Å². The Morgan fingerprint density at radius 3 is 2.52 bits per heavy atom. The third-order valence-corrected chi connectivity index (χ3v) is 7.88. The van der Waals surface area contributed by atoms with Gasteiger partial charge in [-0.3, -0.25) is 14.1 Å². The van der Waals surface area contributed by atoms with Crippen LogP contribution in [0, 0.1) is 6.92 Å². The summed E-state index contributed by atoms with van der Waals surface area (Å²) in [6, 6.07) is 13.2. The van der Waals surface area contributed by atoms with Crippen molar-refractivity contribution < 1.29 is 8.76 Å². The molecule has 0 bridgehead atoms. The van der Waals surface area contributed by atoms with Crippen LogP contribution in [0.3, 0.4) is 0 Å². The average molecular weight is 405 g/mol. The number of aryl methyl sites for hydroxylation is 2. The number of aromatic nitrogens is 1. The van der Waals surface area contributed by atoms with E-state index in [2.05, 4.69) is 4.72 Å². The van der Waals surface area contributed by atoms with Gasteiger partial charge in [0.2, 0.25) is 5.56 Å². The van der Waals surface area contributed by atoms with Crippen molar-refractivity contribution in [2.24, 2.45) is 7.05 Å². The van der Waals surface area contributed by atoms with Crippen LogP contribution in [0.5, 0.6) is 0 Å². The Bertz CT molecular complexity index is 1120. The van der Waals surface area contributed by atoms with Crippen molar-refractivity contribution in [2.75, 3.05) is 16.7 Å². The standard InChI is InChI=1S/C20H24N2O3S2/c1-5-27(4,24,25)21-18-12-17(15-10-11-19(23)22(3)13-15)20(26-18)16-9-7-6-8-14(16)2/h6-13H,5H2,1-4H3,(H2,21,24,25). The summed E-state index contributed by atoms with van der Waals surface area (Å²) in [6.45, 7) is 3.72. The second kappa shape index (κ2) is 6.74. The maximum absolute atomic E-state index is 12.7. The summed E-state index contributed by atoms with van der Waals surface area (Å²) in [5.74, 6) is 0.115. The quantitative estimate of drug-likeness (QED) is 0.664. The number of anilines is 1. The lowest BCUT2D eigenvalue weighted by Crippen LogP contribution is -2.40. The summed E-state index contributed by atoms with van der Waals surface area (Å²) < 4.78 is 27.5. The normalized spacial score (nSPS) is 13.1. The first-order chi connectivity index (χ1) is 12.6. The fourth-order valence-electron chi connectivity index (χ4n) is 2.77. The maximum Gasteiger partial charge on any atom is 0.250 e. The lowest BCUT2D eigenvalue weighted by Gasteiger charge is -2.38. The molecule has 0 amide bonds. The Labute approximate surface area is 163 Å². The molecule has 2 heterocycles. The minimum atomic E-state index is -3.92. The van der Waals surface area contributed by atoms with E-state index in [-0.39, 0.29) is 11.3 Å². The van der Waals surface area contributed by atoms with E-state index in [4.69, 9.17) is 0 Å². The monoisotopic (exact) mass is 404 g/mol. The number of pyridine rings is 1. The van der Waals surface area contributed by atoms with Crippen molar-refractivity contribution in [3.8, 4) is 21.6 Å². The fraction of sp³-hybridized carbons (Fsp3) is 0.250. The van der Waals surface area contributed by atoms with Crippen LogP contribution < -0.4 is 10.3 Å². The zero-order valence-corrected chi connectivity index (χ0v) is 17.5. The van der Waals surface area contributed by atoms with E-state index in [0.717, 1.165) is 27.1 Å². The molecule has 0 aliphatic rings. The Hall–Kier alpha value is -2.22. The lowest BCUT2D eigenvalue weighted by molar-refractivity contribution is 0.528. The van der Waals surface area contributed by atoms with E-state index in [0.29, 0.717) is 5.00 Å². The molecular weight excluding hydrogens is 380 g/mol. The molecule has 3 aromatic rings. The molecule has 0 atom stereocenters. The highest BCUT2D eigenvalue weighted by Gasteiger charge is 2.22. The SMILES string of the molecule is CCS(C)(=O)(O)Nc1cc(-c2ccc(=O)n(C)c2)c(-c2ccccc2C)s1. The number of hydrogen-bond acceptors (Lipinski definition) is 3. The van der Waals surface area contributed by atoms with Gasteiger partial charge in [0.15, 0.2) is 0 Å². The van der Waals surface area contributed by atoms with Crippen LogP contribution in [0.4, 0.5) is 5.00 Å². The molecule has 3 rings (SSSR count). The molecule has 0 unspecified atom stereocenters. The maximum atomic E-state index is 12.7. The zero-order valence-electron chi connectivity index (χ0n) is 15.9. The van der Waals surface area contributed by atoms with Gasteiger partial charge in [0.05, 0.1) is 0 Å². The van der Waals surface area contributed by atoms with Gasteiger partial charge in [0.25, 0.3) is 0 Å². The first-order valence-electron chi connectivity index (χ1n) is 8.60. The van der Waals surface area contributed by atoms with Crippen LogP contribution >= 0.6 is 11.3 Å². The van der Waals surface area contributed by atoms with E-state index in [1.165, 1.54) is 28.2 Å². The summed E-state index contributed by atoms with van der Waals surface area (Å²) in [7, 11) is -2.21. The molecular formula is C20H24N2O3S2. The van der Waals surface area contributed by atoms with Gasteiger partial charge in [-0.15, -0.1) is 20.9 Å². The van der Waals surface area contributed by atoms with Gasteiger partial charge in [-0.1, -0.05) is 24.3 Å². The third-order valence-electron chi connectivity index (χ3n) is 4.56. The van der Waals surface area contributed by atoms with Crippen LogP contribution in [-0.2, 0) is 16.6 Å². The third kappa shape index (κ3) is 4.21. The number of benzene rings is 1. The van der Waals surface area contributed by atoms with E-state index in [1.807, 2.05) is 37.3 Å². The van der Waals surface area contributed by atoms with Crippen molar-refractivity contribution >= 4 is 25.9 Å². The van der Waals surface area contributed by atoms with Gasteiger partial charge in [-0.05, 0) is 42.7 Å². The van der Waals surface area contributed by atoms with Crippen molar-refractivity contribution in [3.63, 3.8) is 0 Å². The molecule has 0 aliphatic heterocycles. The highest BCUT2D eigenvalue weighted by atomic mass is 32.3. The van der Waals surface area contributed by atoms with Gasteiger partial charge in [0.1, 0.15) is 5.00 Å². The van der Waals surface area contributed by atoms with Crippen molar-refractivity contribution in [2.45, 2.75) is 13.8 Å². The van der Waals surface area contributed by atoms with Gasteiger partial charge < -0.3 is 4.57 Å². The van der Waals surface area contributed by atoms with E-state index < -0.39 is 9.53 Å². The minimum absolute atomic E-state index is 0.0806. The lowest BCUT2D eigenvalue weighted by atomic mass is 10.0. The second-order valence-electron chi connectivity index (χ2n) is 6.91. The second-order valence-corrected chi connectivity index (χ2v) is 11.7. The smallest absolute Gasteiger partial charge is 0.250 e. The number of nitrogens with one attached hydrogen (secondary N) is 1. The van der Waals surface area contributed by atoms with Gasteiger partial charge in [0, 0.05) is 41.8 Å². The predicted octanol–water partition coefficient (Wildman–Crippen LogP) is 4.36. The predicted molar refractivity (Wildman–Crippen MR) is 116 cm³/mol. The summed E-state index contributed by atoms with van der Waals surface area (Å²) in [4.78, 5) is 12.8. The highest BCUT2D eigenvalue weighted by molar-refractivity contribution is 8.15. The van der Waals surface area contributed by atoms with Crippen LogP contribution in [-0.4, -0.2) is 25.3 Å². The molecule has 0 saturated heterocycles. The summed E-state index contributed by atoms with van der Waals surface area (Å²) in [5.41, 5.74) is 3.91. The molecule has 27 heavy (non-hydrogen) atoms. The number of nitrogens with zero attached hydrogens (tertiary/aromatic N) is 1. The molecule has 1 aromatic carbocycles. The fourth-order valence-corrected chi connectivity index (χ4v) is 5.32. The van der Waals surface area contributed by atoms with Crippen molar-refractivity contribution in [1.82, 2.24) is 4.57 Å². The van der Waals surface area contributed by atoms with Gasteiger partial charge in [-0.2, -0.15) is 4.21 Å². The number of rotatable bonds is 5. The Balaban J connectivity index is 2.21. The Morgan fingerprint density at radius 2 is 1.89 bits per heavy atom. The first kappa shape index (κ1) is 19.5. The molecule has 0 saturated carbocycles. The van der Waals surface area contributed by atoms with Crippen LogP contribution in [0.1, 0.15) is 12.5 Å². The van der Waals surface area contributed by atoms with Crippen LogP contribution in [0.15, 0.2) is 53.5 Å². The summed E-state index contributed by atoms with van der Waals surface area (Å²) in [6.07, 6.45) is 3.13. The molecule has 5 nitrogen and oxygen atoms in total. The molecule has 0 aliphatic carbocycles. The number of hydrogen-bond donors (Lipinski definition) is 2. The molecule has 0 radical (unpaired) electrons. The molecule has 2 aromatic heterocycles. The van der Waals surface area contributed by atoms with Crippen molar-refractivity contribution in [1.29, 1.82) is 0 Å². The van der Waals surface area contributed by atoms with Crippen LogP contribution in [0.25, 0.3) is 21.6 Å². The van der Waals surface area contributed by atoms with Gasteiger partial charge in [-0.25, -0.2) is 0 Å². The van der Waals surface area contributed by atoms with E-state index in [1.54, 1.807) is 26.2 Å². The summed E-state index contributed by atoms with van der Waals surface area (Å²) in [5, 5.41) is 0.626. The molecule has 144 valence electrons. The number of thiophene rings is 1. The summed E-state index contributed by atoms with van der Waals surface area (Å²) >= 11 is 1.44. The zero-order chi connectivity index (χ0) is 19.8. The van der Waals surface area contributed by atoms with E-state index >= 15 is 0 Å². The molecule has 7 heteroatoms. The molecule has 2 N–H and O–H groups in total. The minimum Gasteiger partial charge on any atom is -0.318 e. The van der Waals surface area contributed by atoms with Crippen molar-refractivity contribution in [3.05, 3.63) is 64.6 Å². The highest BCUT2D eigenvalue weighted by Crippen LogP contribution is 2.44. The van der Waals surface area contributed by atoms with E-state index in [9.17, 15) is 13.6 Å². The van der Waals surface area contributed by atoms with Gasteiger partial charge >= 0.3 is 0 Å². The van der Waals surface area contributed by atoms with Crippen LogP contribution in [0.2, 0.25) is 0 Å². The largest absolute Gasteiger partial charge is 0.318 e. The average Bonchev–Trinajstić information content (AvgIpc) is 3.00. The molecule has 0 fully saturated rings.